The third-order valence-corrected chi connectivity index (χ3v) is 7.92. The van der Waals surface area contributed by atoms with E-state index >= 15 is 0 Å². The van der Waals surface area contributed by atoms with Crippen LogP contribution in [0.4, 0.5) is 13.2 Å². The Kier molecular flexibility index (Phi) is 7.95. The fourth-order valence-corrected chi connectivity index (χ4v) is 5.67. The first-order valence-electron chi connectivity index (χ1n) is 13.4. The molecular weight excluding hydrogens is 523 g/mol. The monoisotopic (exact) mass is 555 g/mol. The molecule has 1 aromatic carbocycles. The van der Waals surface area contributed by atoms with Crippen LogP contribution in [0.15, 0.2) is 60.9 Å². The van der Waals surface area contributed by atoms with Gasteiger partial charge in [0.05, 0.1) is 29.1 Å². The molecule has 5 rings (SSSR count). The molecule has 3 aromatic rings. The molecule has 3 heterocycles. The summed E-state index contributed by atoms with van der Waals surface area (Å²) in [7, 11) is 0. The molecule has 4 N–H and O–H groups in total. The molecule has 1 saturated carbocycles. The van der Waals surface area contributed by atoms with Gasteiger partial charge in [-0.15, -0.1) is 0 Å². The predicted octanol–water partition coefficient (Wildman–Crippen LogP) is 3.85. The lowest BCUT2D eigenvalue weighted by atomic mass is 9.78. The first kappa shape index (κ1) is 27.9. The smallest absolute Gasteiger partial charge is 0.385 e. The van der Waals surface area contributed by atoms with Crippen molar-refractivity contribution in [3.8, 4) is 11.4 Å². The summed E-state index contributed by atoms with van der Waals surface area (Å²) in [5, 5.41) is 16.6. The minimum Gasteiger partial charge on any atom is -0.385 e. The topological polar surface area (TPSA) is 110 Å². The second-order valence-electron chi connectivity index (χ2n) is 10.6. The van der Waals surface area contributed by atoms with Crippen molar-refractivity contribution in [2.45, 2.75) is 56.0 Å². The molecule has 1 saturated heterocycles. The zero-order chi connectivity index (χ0) is 28.3. The summed E-state index contributed by atoms with van der Waals surface area (Å²) in [4.78, 5) is 34.7. The highest BCUT2D eigenvalue weighted by molar-refractivity contribution is 5.96. The summed E-state index contributed by atoms with van der Waals surface area (Å²) in [6.07, 6.45) is 2.70. The van der Waals surface area contributed by atoms with Crippen LogP contribution in [-0.2, 0) is 16.6 Å². The highest BCUT2D eigenvalue weighted by Gasteiger charge is 2.39. The van der Waals surface area contributed by atoms with Gasteiger partial charge in [-0.1, -0.05) is 12.1 Å². The number of hydrogen-bond acceptors (Lipinski definition) is 5. The van der Waals surface area contributed by atoms with Gasteiger partial charge in [-0.25, -0.2) is 0 Å². The SMILES string of the molecule is O=C(CNC(=O)c1cccc(C(F)(F)F)c1)N[C@@H]1CCN(C2CCC(O)(c3ccc(-c4ccc[nH]4)nc3)CC2)C1. The number of nitrogens with zero attached hydrogens (tertiary/aromatic N) is 2. The fraction of sp³-hybridized carbons (Fsp3) is 0.414. The van der Waals surface area contributed by atoms with Gasteiger partial charge < -0.3 is 20.7 Å². The Bertz CT molecular complexity index is 1320. The third kappa shape index (κ3) is 6.37. The minimum absolute atomic E-state index is 0.0801. The number of amides is 2. The van der Waals surface area contributed by atoms with Crippen molar-refractivity contribution in [3.05, 3.63) is 77.6 Å². The highest BCUT2D eigenvalue weighted by Crippen LogP contribution is 2.39. The van der Waals surface area contributed by atoms with E-state index in [2.05, 4.69) is 25.5 Å². The van der Waals surface area contributed by atoms with Gasteiger partial charge in [0.25, 0.3) is 5.91 Å². The second-order valence-corrected chi connectivity index (χ2v) is 10.6. The van der Waals surface area contributed by atoms with Crippen LogP contribution in [-0.4, -0.2) is 63.5 Å². The van der Waals surface area contributed by atoms with E-state index in [9.17, 15) is 27.9 Å². The Balaban J connectivity index is 1.06. The number of alkyl halides is 3. The summed E-state index contributed by atoms with van der Waals surface area (Å²) in [6.45, 7) is 1.17. The number of halogens is 3. The number of pyridine rings is 1. The molecule has 212 valence electrons. The van der Waals surface area contributed by atoms with Crippen molar-refractivity contribution in [3.63, 3.8) is 0 Å². The Morgan fingerprint density at radius 1 is 1.10 bits per heavy atom. The molecule has 0 unspecified atom stereocenters. The Morgan fingerprint density at radius 2 is 1.90 bits per heavy atom. The molecule has 2 aliphatic rings. The van der Waals surface area contributed by atoms with Crippen molar-refractivity contribution < 1.29 is 27.9 Å². The normalized spacial score (nSPS) is 23.6. The summed E-state index contributed by atoms with van der Waals surface area (Å²) in [5.74, 6) is -1.13. The molecule has 0 spiro atoms. The van der Waals surface area contributed by atoms with E-state index < -0.39 is 23.2 Å². The molecule has 2 aromatic heterocycles. The van der Waals surface area contributed by atoms with Crippen LogP contribution < -0.4 is 10.6 Å². The molecule has 0 radical (unpaired) electrons. The van der Waals surface area contributed by atoms with Gasteiger partial charge in [0, 0.05) is 48.7 Å². The van der Waals surface area contributed by atoms with E-state index in [1.807, 2.05) is 30.5 Å². The Morgan fingerprint density at radius 3 is 2.58 bits per heavy atom. The van der Waals surface area contributed by atoms with Gasteiger partial charge in [0.15, 0.2) is 0 Å². The standard InChI is InChI=1S/C29H32F3N5O3/c30-29(31,32)20-4-1-3-19(15-20)27(39)35-17-26(38)36-22-10-14-37(18-22)23-8-11-28(40,12-9-23)21-6-7-25(34-16-21)24-5-2-13-33-24/h1-7,13,15-16,22-23,33,40H,8-12,14,17-18H2,(H,35,39)(H,36,38)/t22-,23?,28?/m1/s1. The number of benzene rings is 1. The van der Waals surface area contributed by atoms with E-state index in [1.54, 1.807) is 6.20 Å². The number of aromatic amines is 1. The molecule has 0 bridgehead atoms. The van der Waals surface area contributed by atoms with Gasteiger partial charge in [-0.2, -0.15) is 13.2 Å². The summed E-state index contributed by atoms with van der Waals surface area (Å²) in [6, 6.07) is 12.0. The number of aromatic nitrogens is 2. The molecule has 2 fully saturated rings. The number of aliphatic hydroxyl groups is 1. The van der Waals surface area contributed by atoms with E-state index in [0.717, 1.165) is 61.0 Å². The Labute approximate surface area is 230 Å². The largest absolute Gasteiger partial charge is 0.416 e. The molecule has 11 heteroatoms. The van der Waals surface area contributed by atoms with Crippen molar-refractivity contribution >= 4 is 11.8 Å². The van der Waals surface area contributed by atoms with E-state index in [-0.39, 0.29) is 24.1 Å². The number of carbonyl (C=O) groups is 2. The van der Waals surface area contributed by atoms with Gasteiger partial charge >= 0.3 is 6.18 Å². The number of carbonyl (C=O) groups excluding carboxylic acids is 2. The molecule has 1 atom stereocenters. The van der Waals surface area contributed by atoms with Crippen LogP contribution in [0.3, 0.4) is 0 Å². The molecule has 1 aliphatic heterocycles. The minimum atomic E-state index is -4.55. The second kappa shape index (κ2) is 11.4. The molecular formula is C29H32F3N5O3. The van der Waals surface area contributed by atoms with Crippen LogP contribution in [0.25, 0.3) is 11.4 Å². The van der Waals surface area contributed by atoms with Crippen LogP contribution in [0.5, 0.6) is 0 Å². The Hall–Kier alpha value is -3.70. The van der Waals surface area contributed by atoms with Crippen molar-refractivity contribution in [1.29, 1.82) is 0 Å². The highest BCUT2D eigenvalue weighted by atomic mass is 19.4. The molecule has 40 heavy (non-hydrogen) atoms. The molecule has 8 nitrogen and oxygen atoms in total. The van der Waals surface area contributed by atoms with E-state index in [0.29, 0.717) is 25.4 Å². The zero-order valence-electron chi connectivity index (χ0n) is 21.9. The average molecular weight is 556 g/mol. The first-order valence-corrected chi connectivity index (χ1v) is 13.4. The van der Waals surface area contributed by atoms with Crippen molar-refractivity contribution in [1.82, 2.24) is 25.5 Å². The maximum Gasteiger partial charge on any atom is 0.416 e. The van der Waals surface area contributed by atoms with Crippen molar-refractivity contribution in [2.75, 3.05) is 19.6 Å². The number of hydrogen-bond donors (Lipinski definition) is 4. The van der Waals surface area contributed by atoms with Crippen molar-refractivity contribution in [2.24, 2.45) is 0 Å². The lowest BCUT2D eigenvalue weighted by Crippen LogP contribution is -2.45. The average Bonchev–Trinajstić information content (AvgIpc) is 3.65. The van der Waals surface area contributed by atoms with Gasteiger partial charge in [0.2, 0.25) is 5.91 Å². The molecule has 2 amide bonds. The lowest BCUT2D eigenvalue weighted by molar-refractivity contribution is -0.137. The van der Waals surface area contributed by atoms with Crippen LogP contribution in [0, 0.1) is 0 Å². The maximum atomic E-state index is 12.9. The predicted molar refractivity (Wildman–Crippen MR) is 142 cm³/mol. The van der Waals surface area contributed by atoms with Gasteiger partial charge in [-0.3, -0.25) is 19.5 Å². The van der Waals surface area contributed by atoms with Crippen LogP contribution >= 0.6 is 0 Å². The number of likely N-dealkylation sites (tertiary alicyclic amines) is 1. The van der Waals surface area contributed by atoms with Crippen LogP contribution in [0.2, 0.25) is 0 Å². The summed E-state index contributed by atoms with van der Waals surface area (Å²) in [5.41, 5.74) is 0.587. The summed E-state index contributed by atoms with van der Waals surface area (Å²) < 4.78 is 38.7. The maximum absolute atomic E-state index is 12.9. The van der Waals surface area contributed by atoms with E-state index in [1.165, 1.54) is 6.07 Å². The van der Waals surface area contributed by atoms with Gasteiger partial charge in [-0.05, 0) is 68.5 Å². The first-order chi connectivity index (χ1) is 19.1. The number of rotatable bonds is 7. The number of nitrogens with one attached hydrogen (secondary N) is 3. The quantitative estimate of drug-likeness (QED) is 0.354. The third-order valence-electron chi connectivity index (χ3n) is 7.92. The zero-order valence-corrected chi connectivity index (χ0v) is 21.9. The van der Waals surface area contributed by atoms with Gasteiger partial charge in [0.1, 0.15) is 0 Å². The summed E-state index contributed by atoms with van der Waals surface area (Å²) >= 11 is 0. The lowest BCUT2D eigenvalue weighted by Gasteiger charge is -2.39. The number of H-pyrrole nitrogens is 1. The van der Waals surface area contributed by atoms with Crippen LogP contribution in [0.1, 0.15) is 53.6 Å². The molecule has 1 aliphatic carbocycles. The fourth-order valence-electron chi connectivity index (χ4n) is 5.67. The van der Waals surface area contributed by atoms with E-state index in [4.69, 9.17) is 0 Å².